The first-order valence-corrected chi connectivity index (χ1v) is 11.6. The highest BCUT2D eigenvalue weighted by Crippen LogP contribution is 2.21. The molecule has 0 unspecified atom stereocenters. The zero-order valence-corrected chi connectivity index (χ0v) is 18.4. The van der Waals surface area contributed by atoms with Gasteiger partial charge in [-0.3, -0.25) is 4.79 Å². The summed E-state index contributed by atoms with van der Waals surface area (Å²) in [4.78, 5) is 14.3. The first-order chi connectivity index (χ1) is 14.4. The highest BCUT2D eigenvalue weighted by Gasteiger charge is 2.30. The van der Waals surface area contributed by atoms with Crippen LogP contribution in [0.1, 0.15) is 13.3 Å². The molecule has 7 nitrogen and oxygen atoms in total. The second-order valence-corrected chi connectivity index (χ2v) is 9.12. The molecule has 2 aromatic rings. The molecule has 0 N–H and O–H groups in total. The van der Waals surface area contributed by atoms with Crippen molar-refractivity contribution in [3.8, 4) is 11.5 Å². The molecule has 1 saturated heterocycles. The maximum absolute atomic E-state index is 12.8. The summed E-state index contributed by atoms with van der Waals surface area (Å²) in [5.41, 5.74) is 0. The molecule has 3 rings (SSSR count). The van der Waals surface area contributed by atoms with Crippen LogP contribution in [0.5, 0.6) is 11.5 Å². The molecule has 2 aromatic carbocycles. The number of hydrogen-bond donors (Lipinski definition) is 0. The van der Waals surface area contributed by atoms with E-state index in [0.717, 1.165) is 0 Å². The Morgan fingerprint density at radius 1 is 0.933 bits per heavy atom. The summed E-state index contributed by atoms with van der Waals surface area (Å²) >= 11 is 5.83. The number of nitrogens with zero attached hydrogens (tertiary/aromatic N) is 2. The van der Waals surface area contributed by atoms with Crippen molar-refractivity contribution in [3.05, 3.63) is 53.6 Å². The van der Waals surface area contributed by atoms with Gasteiger partial charge in [-0.15, -0.1) is 0 Å². The second-order valence-electron chi connectivity index (χ2n) is 6.74. The second kappa shape index (κ2) is 10.1. The maximum atomic E-state index is 12.8. The van der Waals surface area contributed by atoms with Gasteiger partial charge in [-0.25, -0.2) is 8.42 Å². The first kappa shape index (κ1) is 22.4. The fourth-order valence-corrected chi connectivity index (χ4v) is 4.69. The summed E-state index contributed by atoms with van der Waals surface area (Å²) in [5, 5.41) is 0.622. The van der Waals surface area contributed by atoms with Crippen LogP contribution in [0.3, 0.4) is 0 Å². The van der Waals surface area contributed by atoms with Crippen molar-refractivity contribution in [1.29, 1.82) is 0 Å². The SMILES string of the molecule is CCOc1ccc(S(=O)(=O)N2CCN(C(=O)CCOc3ccc(Cl)cc3)CC2)cc1. The molecule has 162 valence electrons. The molecule has 0 bridgehead atoms. The van der Waals surface area contributed by atoms with E-state index in [1.165, 1.54) is 4.31 Å². The monoisotopic (exact) mass is 452 g/mol. The lowest BCUT2D eigenvalue weighted by Gasteiger charge is -2.34. The molecule has 0 spiro atoms. The number of halogens is 1. The van der Waals surface area contributed by atoms with Crippen molar-refractivity contribution in [1.82, 2.24) is 9.21 Å². The third-order valence-electron chi connectivity index (χ3n) is 4.76. The van der Waals surface area contributed by atoms with Gasteiger partial charge in [0.05, 0.1) is 24.5 Å². The van der Waals surface area contributed by atoms with Gasteiger partial charge in [-0.2, -0.15) is 4.31 Å². The normalized spacial score (nSPS) is 15.1. The molecule has 1 amide bonds. The third-order valence-corrected chi connectivity index (χ3v) is 6.93. The summed E-state index contributed by atoms with van der Waals surface area (Å²) < 4.78 is 38.0. The lowest BCUT2D eigenvalue weighted by Crippen LogP contribution is -2.50. The molecule has 1 aliphatic heterocycles. The third kappa shape index (κ3) is 5.65. The van der Waals surface area contributed by atoms with E-state index in [-0.39, 0.29) is 36.9 Å². The minimum absolute atomic E-state index is 0.0536. The zero-order chi connectivity index (χ0) is 21.6. The van der Waals surface area contributed by atoms with Crippen LogP contribution >= 0.6 is 11.6 Å². The number of rotatable bonds is 8. The highest BCUT2D eigenvalue weighted by atomic mass is 35.5. The average Bonchev–Trinajstić information content (AvgIpc) is 2.76. The number of benzene rings is 2. The maximum Gasteiger partial charge on any atom is 0.243 e. The molecule has 1 fully saturated rings. The fraction of sp³-hybridized carbons (Fsp3) is 0.381. The van der Waals surface area contributed by atoms with Crippen molar-refractivity contribution >= 4 is 27.5 Å². The molecule has 1 aliphatic rings. The van der Waals surface area contributed by atoms with Gasteiger partial charge in [-0.1, -0.05) is 11.6 Å². The summed E-state index contributed by atoms with van der Waals surface area (Å²) in [6.45, 7) is 3.89. The Balaban J connectivity index is 1.48. The van der Waals surface area contributed by atoms with Crippen molar-refractivity contribution in [2.24, 2.45) is 0 Å². The predicted molar refractivity (Wildman–Crippen MR) is 115 cm³/mol. The van der Waals surface area contributed by atoms with E-state index >= 15 is 0 Å². The minimum atomic E-state index is -3.60. The standard InChI is InChI=1S/C21H25ClN2O5S/c1-2-28-18-7-9-20(10-8-18)30(26,27)24-14-12-23(13-15-24)21(25)11-16-29-19-5-3-17(22)4-6-19/h3-10H,2,11-16H2,1H3. The molecule has 1 heterocycles. The van der Waals surface area contributed by atoms with Crippen LogP contribution in [-0.2, 0) is 14.8 Å². The summed E-state index contributed by atoms with van der Waals surface area (Å²) in [6, 6.07) is 13.3. The smallest absolute Gasteiger partial charge is 0.243 e. The van der Waals surface area contributed by atoms with Crippen LogP contribution in [0.25, 0.3) is 0 Å². The Morgan fingerprint density at radius 2 is 1.50 bits per heavy atom. The molecule has 0 saturated carbocycles. The highest BCUT2D eigenvalue weighted by molar-refractivity contribution is 7.89. The average molecular weight is 453 g/mol. The molecular weight excluding hydrogens is 428 g/mol. The van der Waals surface area contributed by atoms with Crippen LogP contribution in [0.4, 0.5) is 0 Å². The number of ether oxygens (including phenoxy) is 2. The first-order valence-electron chi connectivity index (χ1n) is 9.79. The number of sulfonamides is 1. The van der Waals surface area contributed by atoms with E-state index in [9.17, 15) is 13.2 Å². The van der Waals surface area contributed by atoms with Gasteiger partial charge in [0.25, 0.3) is 0 Å². The quantitative estimate of drug-likeness (QED) is 0.615. The van der Waals surface area contributed by atoms with Gasteiger partial charge in [-0.05, 0) is 55.5 Å². The van der Waals surface area contributed by atoms with Gasteiger partial charge in [0.15, 0.2) is 0 Å². The van der Waals surface area contributed by atoms with E-state index in [1.54, 1.807) is 53.4 Å². The predicted octanol–water partition coefficient (Wildman–Crippen LogP) is 3.04. The summed E-state index contributed by atoms with van der Waals surface area (Å²) in [6.07, 6.45) is 0.230. The Bertz CT molecular complexity index is 940. The van der Waals surface area contributed by atoms with Gasteiger partial charge < -0.3 is 14.4 Å². The topological polar surface area (TPSA) is 76.2 Å². The number of carbonyl (C=O) groups excluding carboxylic acids is 1. The van der Waals surface area contributed by atoms with Crippen LogP contribution in [-0.4, -0.2) is 62.9 Å². The Labute approximate surface area is 182 Å². The molecule has 0 aliphatic carbocycles. The van der Waals surface area contributed by atoms with Gasteiger partial charge in [0.1, 0.15) is 11.5 Å². The van der Waals surface area contributed by atoms with E-state index in [2.05, 4.69) is 0 Å². The number of hydrogen-bond acceptors (Lipinski definition) is 5. The van der Waals surface area contributed by atoms with Crippen molar-refractivity contribution in [3.63, 3.8) is 0 Å². The van der Waals surface area contributed by atoms with Crippen molar-refractivity contribution in [2.45, 2.75) is 18.2 Å². The lowest BCUT2D eigenvalue weighted by molar-refractivity contribution is -0.132. The largest absolute Gasteiger partial charge is 0.494 e. The minimum Gasteiger partial charge on any atom is -0.494 e. The van der Waals surface area contributed by atoms with Crippen LogP contribution in [0.2, 0.25) is 5.02 Å². The van der Waals surface area contributed by atoms with Crippen LogP contribution < -0.4 is 9.47 Å². The lowest BCUT2D eigenvalue weighted by atomic mass is 10.3. The van der Waals surface area contributed by atoms with E-state index in [1.807, 2.05) is 6.92 Å². The molecule has 0 atom stereocenters. The molecule has 0 aromatic heterocycles. The van der Waals surface area contributed by atoms with Gasteiger partial charge in [0, 0.05) is 31.2 Å². The zero-order valence-electron chi connectivity index (χ0n) is 16.8. The molecule has 9 heteroatoms. The number of carbonyl (C=O) groups is 1. The fourth-order valence-electron chi connectivity index (χ4n) is 3.15. The van der Waals surface area contributed by atoms with Gasteiger partial charge >= 0.3 is 0 Å². The number of piperazine rings is 1. The number of amides is 1. The summed E-state index contributed by atoms with van der Waals surface area (Å²) in [7, 11) is -3.60. The molecular formula is C21H25ClN2O5S. The van der Waals surface area contributed by atoms with E-state index in [0.29, 0.717) is 36.2 Å². The summed E-state index contributed by atoms with van der Waals surface area (Å²) in [5.74, 6) is 1.23. The molecule has 0 radical (unpaired) electrons. The Kier molecular flexibility index (Phi) is 7.58. The van der Waals surface area contributed by atoms with Crippen molar-refractivity contribution < 1.29 is 22.7 Å². The van der Waals surface area contributed by atoms with Crippen LogP contribution in [0, 0.1) is 0 Å². The van der Waals surface area contributed by atoms with E-state index < -0.39 is 10.0 Å². The molecule has 30 heavy (non-hydrogen) atoms. The van der Waals surface area contributed by atoms with Gasteiger partial charge in [0.2, 0.25) is 15.9 Å². The van der Waals surface area contributed by atoms with Crippen LogP contribution in [0.15, 0.2) is 53.4 Å². The van der Waals surface area contributed by atoms with Crippen molar-refractivity contribution in [2.75, 3.05) is 39.4 Å². The Hall–Kier alpha value is -2.29. The van der Waals surface area contributed by atoms with E-state index in [4.69, 9.17) is 21.1 Å². The Morgan fingerprint density at radius 3 is 2.10 bits per heavy atom.